The van der Waals surface area contributed by atoms with Crippen molar-refractivity contribution in [3.63, 3.8) is 0 Å². The molecule has 2 nitrogen and oxygen atoms in total. The van der Waals surface area contributed by atoms with E-state index in [2.05, 4.69) is 198 Å². The summed E-state index contributed by atoms with van der Waals surface area (Å²) in [5.41, 5.74) is 13.5. The lowest BCUT2D eigenvalue weighted by atomic mass is 9.80. The molecule has 1 saturated carbocycles. The van der Waals surface area contributed by atoms with Crippen LogP contribution in [0.4, 0.5) is 17.1 Å². The van der Waals surface area contributed by atoms with Crippen LogP contribution in [0.5, 0.6) is 0 Å². The van der Waals surface area contributed by atoms with Crippen LogP contribution < -0.4 is 4.90 Å². The van der Waals surface area contributed by atoms with Crippen molar-refractivity contribution in [2.75, 3.05) is 4.90 Å². The lowest BCUT2D eigenvalue weighted by Crippen LogP contribution is -2.11. The number of nitrogens with zero attached hydrogens (tertiary/aromatic N) is 2. The fourth-order valence-corrected chi connectivity index (χ4v) is 9.06. The normalized spacial score (nSPS) is 13.5. The number of hydrogen-bond acceptors (Lipinski definition) is 1. The van der Waals surface area contributed by atoms with E-state index >= 15 is 0 Å². The van der Waals surface area contributed by atoms with Gasteiger partial charge in [0.1, 0.15) is 0 Å². The summed E-state index contributed by atoms with van der Waals surface area (Å²) in [5, 5.41) is 5.27. The Morgan fingerprint density at radius 2 is 1.07 bits per heavy atom. The van der Waals surface area contributed by atoms with E-state index in [0.717, 1.165) is 11.4 Å². The molecular formula is C52H42N2. The van der Waals surface area contributed by atoms with Crippen LogP contribution in [0.1, 0.15) is 43.6 Å². The zero-order valence-corrected chi connectivity index (χ0v) is 30.4. The number of benzene rings is 8. The molecule has 9 aromatic rings. The maximum absolute atomic E-state index is 2.43. The monoisotopic (exact) mass is 694 g/mol. The molecule has 0 radical (unpaired) electrons. The van der Waals surface area contributed by atoms with E-state index in [1.807, 2.05) is 0 Å². The Morgan fingerprint density at radius 3 is 1.89 bits per heavy atom. The van der Waals surface area contributed by atoms with Gasteiger partial charge in [-0.3, -0.25) is 0 Å². The van der Waals surface area contributed by atoms with Crippen molar-refractivity contribution in [1.29, 1.82) is 0 Å². The number of para-hydroxylation sites is 4. The van der Waals surface area contributed by atoms with Gasteiger partial charge in [0, 0.05) is 33.4 Å². The number of hydrogen-bond donors (Lipinski definition) is 0. The number of anilines is 3. The minimum atomic E-state index is 0.613. The van der Waals surface area contributed by atoms with Crippen LogP contribution >= 0.6 is 0 Å². The van der Waals surface area contributed by atoms with Gasteiger partial charge < -0.3 is 9.47 Å². The van der Waals surface area contributed by atoms with Crippen LogP contribution in [0.2, 0.25) is 0 Å². The van der Waals surface area contributed by atoms with Crippen LogP contribution in [-0.4, -0.2) is 4.57 Å². The highest BCUT2D eigenvalue weighted by molar-refractivity contribution is 6.10. The fourth-order valence-electron chi connectivity index (χ4n) is 9.06. The molecule has 8 aromatic carbocycles. The molecule has 0 aliphatic heterocycles. The van der Waals surface area contributed by atoms with Crippen molar-refractivity contribution in [3.8, 4) is 27.9 Å². The Bertz CT molecular complexity index is 2730. The topological polar surface area (TPSA) is 8.17 Å². The molecule has 0 amide bonds. The van der Waals surface area contributed by atoms with Crippen LogP contribution in [0.15, 0.2) is 188 Å². The minimum Gasteiger partial charge on any atom is -0.310 e. The lowest BCUT2D eigenvalue weighted by Gasteiger charge is -2.29. The predicted octanol–water partition coefficient (Wildman–Crippen LogP) is 14.8. The number of fused-ring (bicyclic) bond motifs is 4. The Labute approximate surface area is 317 Å². The summed E-state index contributed by atoms with van der Waals surface area (Å²) in [5.74, 6) is 0.613. The van der Waals surface area contributed by atoms with Gasteiger partial charge >= 0.3 is 0 Å². The molecule has 0 N–H and O–H groups in total. The van der Waals surface area contributed by atoms with Crippen LogP contribution in [-0.2, 0) is 0 Å². The van der Waals surface area contributed by atoms with Gasteiger partial charge in [-0.05, 0) is 106 Å². The third-order valence-electron chi connectivity index (χ3n) is 11.6. The molecule has 0 unspecified atom stereocenters. The molecule has 1 aliphatic rings. The van der Waals surface area contributed by atoms with Gasteiger partial charge in [0.05, 0.1) is 16.7 Å². The van der Waals surface area contributed by atoms with Gasteiger partial charge in [0.25, 0.3) is 0 Å². The molecule has 0 bridgehead atoms. The van der Waals surface area contributed by atoms with Gasteiger partial charge in [-0.25, -0.2) is 0 Å². The first kappa shape index (κ1) is 32.3. The molecule has 0 spiro atoms. The van der Waals surface area contributed by atoms with E-state index in [9.17, 15) is 0 Å². The molecular weight excluding hydrogens is 653 g/mol. The van der Waals surface area contributed by atoms with Gasteiger partial charge in [-0.2, -0.15) is 0 Å². The third-order valence-corrected chi connectivity index (χ3v) is 11.6. The number of rotatable bonds is 7. The van der Waals surface area contributed by atoms with Crippen LogP contribution in [0.3, 0.4) is 0 Å². The Kier molecular flexibility index (Phi) is 8.30. The van der Waals surface area contributed by atoms with E-state index in [0.29, 0.717) is 5.92 Å². The van der Waals surface area contributed by atoms with Gasteiger partial charge in [0.2, 0.25) is 0 Å². The molecule has 260 valence electrons. The fraction of sp³-hybridized carbons (Fsp3) is 0.115. The summed E-state index contributed by atoms with van der Waals surface area (Å²) < 4.78 is 2.39. The predicted molar refractivity (Wildman–Crippen MR) is 230 cm³/mol. The summed E-state index contributed by atoms with van der Waals surface area (Å²) in [4.78, 5) is 2.43. The van der Waals surface area contributed by atoms with Crippen molar-refractivity contribution in [2.24, 2.45) is 0 Å². The summed E-state index contributed by atoms with van der Waals surface area (Å²) in [6.07, 6.45) is 6.55. The second-order valence-electron chi connectivity index (χ2n) is 14.7. The third kappa shape index (κ3) is 5.67. The maximum Gasteiger partial charge on any atom is 0.0547 e. The SMILES string of the molecule is c1ccc(N(c2ccc(-c3ccc4c5ccccc5n(-c5ccccc5)c4c3)cc2)c2ccccc2-c2cccc3cccc(C4CCCCC4)c23)cc1. The first-order valence-electron chi connectivity index (χ1n) is 19.5. The summed E-state index contributed by atoms with van der Waals surface area (Å²) in [7, 11) is 0. The highest BCUT2D eigenvalue weighted by Gasteiger charge is 2.23. The first-order valence-corrected chi connectivity index (χ1v) is 19.5. The second kappa shape index (κ2) is 13.9. The first-order chi connectivity index (χ1) is 26.8. The highest BCUT2D eigenvalue weighted by atomic mass is 15.1. The average Bonchev–Trinajstić information content (AvgIpc) is 3.58. The van der Waals surface area contributed by atoms with Crippen molar-refractivity contribution >= 4 is 49.6 Å². The highest BCUT2D eigenvalue weighted by Crippen LogP contribution is 2.46. The van der Waals surface area contributed by atoms with Crippen LogP contribution in [0, 0.1) is 0 Å². The molecule has 54 heavy (non-hydrogen) atoms. The molecule has 0 saturated heterocycles. The number of aromatic nitrogens is 1. The van der Waals surface area contributed by atoms with Gasteiger partial charge in [-0.1, -0.05) is 153 Å². The molecule has 2 heteroatoms. The summed E-state index contributed by atoms with van der Waals surface area (Å²) >= 11 is 0. The smallest absolute Gasteiger partial charge is 0.0547 e. The minimum absolute atomic E-state index is 0.613. The molecule has 1 heterocycles. The molecule has 1 aromatic heterocycles. The quantitative estimate of drug-likeness (QED) is 0.161. The standard InChI is InChI=1S/C52H42N2/c1-4-16-38(17-5-1)44-26-14-18-39-19-15-27-48(52(39)44)46-25-11-12-28-49(46)53(41-20-6-2-7-21-41)43-33-30-37(31-34-43)40-32-35-47-45-24-10-13-29-50(45)54(51(47)36-40)42-22-8-3-9-23-42/h2-3,6-15,18-36,38H,1,4-5,16-17H2. The maximum atomic E-state index is 2.43. The zero-order valence-electron chi connectivity index (χ0n) is 30.4. The van der Waals surface area contributed by atoms with Crippen molar-refractivity contribution in [3.05, 3.63) is 194 Å². The molecule has 1 aliphatic carbocycles. The largest absolute Gasteiger partial charge is 0.310 e. The van der Waals surface area contributed by atoms with E-state index in [4.69, 9.17) is 0 Å². The van der Waals surface area contributed by atoms with E-state index in [-0.39, 0.29) is 0 Å². The van der Waals surface area contributed by atoms with Gasteiger partial charge in [0.15, 0.2) is 0 Å². The molecule has 10 rings (SSSR count). The van der Waals surface area contributed by atoms with E-state index in [1.54, 1.807) is 0 Å². The molecule has 0 atom stereocenters. The van der Waals surface area contributed by atoms with Crippen molar-refractivity contribution in [2.45, 2.75) is 38.0 Å². The van der Waals surface area contributed by atoms with Crippen molar-refractivity contribution < 1.29 is 0 Å². The zero-order chi connectivity index (χ0) is 35.8. The summed E-state index contributed by atoms with van der Waals surface area (Å²) in [6, 6.07) is 69.1. The van der Waals surface area contributed by atoms with Gasteiger partial charge in [-0.15, -0.1) is 0 Å². The molecule has 1 fully saturated rings. The second-order valence-corrected chi connectivity index (χ2v) is 14.7. The Morgan fingerprint density at radius 1 is 0.444 bits per heavy atom. The van der Waals surface area contributed by atoms with E-state index < -0.39 is 0 Å². The van der Waals surface area contributed by atoms with Crippen molar-refractivity contribution in [1.82, 2.24) is 4.57 Å². The van der Waals surface area contributed by atoms with Crippen LogP contribution in [0.25, 0.3) is 60.5 Å². The average molecular weight is 695 g/mol. The Balaban J connectivity index is 1.09. The lowest BCUT2D eigenvalue weighted by molar-refractivity contribution is 0.445. The Hall–Kier alpha value is -6.38. The van der Waals surface area contributed by atoms with E-state index in [1.165, 1.54) is 104 Å². The summed E-state index contributed by atoms with van der Waals surface area (Å²) in [6.45, 7) is 0.